The van der Waals surface area contributed by atoms with E-state index in [9.17, 15) is 18.0 Å². The van der Waals surface area contributed by atoms with Crippen LogP contribution in [0.4, 0.5) is 18.9 Å². The van der Waals surface area contributed by atoms with Gasteiger partial charge in [0.1, 0.15) is 6.10 Å². The number of anilines is 1. The van der Waals surface area contributed by atoms with Crippen LogP contribution in [0.25, 0.3) is 0 Å². The van der Waals surface area contributed by atoms with E-state index < -0.39 is 11.7 Å². The van der Waals surface area contributed by atoms with E-state index in [0.29, 0.717) is 31.6 Å². The van der Waals surface area contributed by atoms with E-state index in [2.05, 4.69) is 0 Å². The van der Waals surface area contributed by atoms with Crippen molar-refractivity contribution in [2.75, 3.05) is 18.0 Å². The van der Waals surface area contributed by atoms with Crippen molar-refractivity contribution in [2.24, 2.45) is 0 Å². The molecule has 0 aliphatic carbocycles. The highest BCUT2D eigenvalue weighted by molar-refractivity contribution is 5.49. The van der Waals surface area contributed by atoms with Crippen LogP contribution in [0.15, 0.2) is 24.3 Å². The Kier molecular flexibility index (Phi) is 3.97. The van der Waals surface area contributed by atoms with Crippen LogP contribution in [0, 0.1) is 0 Å². The summed E-state index contributed by atoms with van der Waals surface area (Å²) < 4.78 is 42.6. The molecule has 19 heavy (non-hydrogen) atoms. The van der Waals surface area contributed by atoms with Gasteiger partial charge in [-0.3, -0.25) is 0 Å². The molecule has 0 saturated carbocycles. The summed E-state index contributed by atoms with van der Waals surface area (Å²) >= 11 is 0. The summed E-state index contributed by atoms with van der Waals surface area (Å²) in [5.41, 5.74) is -0.104. The van der Waals surface area contributed by atoms with Crippen molar-refractivity contribution in [3.63, 3.8) is 0 Å². The molecule has 0 spiro atoms. The molecule has 1 heterocycles. The number of halogens is 3. The number of rotatable bonds is 3. The summed E-state index contributed by atoms with van der Waals surface area (Å²) in [7, 11) is 0. The maximum atomic E-state index is 12.6. The highest BCUT2D eigenvalue weighted by Gasteiger charge is 2.31. The predicted molar refractivity (Wildman–Crippen MR) is 63.5 cm³/mol. The zero-order valence-electron chi connectivity index (χ0n) is 10.1. The van der Waals surface area contributed by atoms with Gasteiger partial charge in [-0.1, -0.05) is 6.07 Å². The number of ether oxygens (including phenoxy) is 1. The van der Waals surface area contributed by atoms with Gasteiger partial charge in [0.2, 0.25) is 0 Å². The van der Waals surface area contributed by atoms with E-state index in [1.807, 2.05) is 4.90 Å². The second-order valence-electron chi connectivity index (χ2n) is 4.44. The summed E-state index contributed by atoms with van der Waals surface area (Å²) in [6, 6.07) is 5.26. The second kappa shape index (κ2) is 5.50. The van der Waals surface area contributed by atoms with Crippen LogP contribution < -0.4 is 4.90 Å². The van der Waals surface area contributed by atoms with E-state index >= 15 is 0 Å². The molecule has 0 unspecified atom stereocenters. The van der Waals surface area contributed by atoms with Crippen LogP contribution in [0.5, 0.6) is 0 Å². The van der Waals surface area contributed by atoms with E-state index in [1.165, 1.54) is 12.5 Å². The zero-order valence-corrected chi connectivity index (χ0v) is 10.1. The second-order valence-corrected chi connectivity index (χ2v) is 4.44. The van der Waals surface area contributed by atoms with Gasteiger partial charge in [-0.25, -0.2) is 4.79 Å². The van der Waals surface area contributed by atoms with Gasteiger partial charge in [-0.2, -0.15) is 13.2 Å². The van der Waals surface area contributed by atoms with Crippen LogP contribution in [-0.2, 0) is 15.7 Å². The summed E-state index contributed by atoms with van der Waals surface area (Å²) in [5.74, 6) is 0. The molecule has 1 radical (unpaired) electrons. The first-order valence-electron chi connectivity index (χ1n) is 5.95. The third kappa shape index (κ3) is 3.39. The van der Waals surface area contributed by atoms with E-state index in [4.69, 9.17) is 4.74 Å². The van der Waals surface area contributed by atoms with Gasteiger partial charge in [0.25, 0.3) is 0 Å². The molecule has 1 aliphatic rings. The lowest BCUT2D eigenvalue weighted by molar-refractivity contribution is -0.137. The fourth-order valence-corrected chi connectivity index (χ4v) is 2.18. The minimum atomic E-state index is -4.33. The molecule has 1 saturated heterocycles. The van der Waals surface area contributed by atoms with Crippen molar-refractivity contribution in [1.82, 2.24) is 0 Å². The molecular formula is C13H13F3NO2. The van der Waals surface area contributed by atoms with Crippen LogP contribution in [0.3, 0.4) is 0 Å². The summed E-state index contributed by atoms with van der Waals surface area (Å²) in [5, 5.41) is 0. The maximum Gasteiger partial charge on any atom is 0.417 e. The highest BCUT2D eigenvalue weighted by atomic mass is 19.4. The molecule has 0 atom stereocenters. The predicted octanol–water partition coefficient (Wildman–Crippen LogP) is 2.76. The minimum Gasteiger partial charge on any atom is -0.454 e. The quantitative estimate of drug-likeness (QED) is 0.847. The SMILES string of the molecule is O=[C]OC1CCN(c2cccc(C(F)(F)F)c2)CC1. The van der Waals surface area contributed by atoms with Crippen molar-refractivity contribution in [3.05, 3.63) is 29.8 Å². The average Bonchev–Trinajstić information content (AvgIpc) is 2.39. The largest absolute Gasteiger partial charge is 0.454 e. The number of piperidine rings is 1. The molecule has 0 bridgehead atoms. The first-order valence-corrected chi connectivity index (χ1v) is 5.95. The van der Waals surface area contributed by atoms with Crippen LogP contribution >= 0.6 is 0 Å². The van der Waals surface area contributed by atoms with Gasteiger partial charge >= 0.3 is 12.6 Å². The van der Waals surface area contributed by atoms with Gasteiger partial charge < -0.3 is 9.64 Å². The van der Waals surface area contributed by atoms with Crippen LogP contribution in [0.1, 0.15) is 18.4 Å². The normalized spacial score (nSPS) is 17.3. The molecule has 1 aromatic rings. The van der Waals surface area contributed by atoms with E-state index in [-0.39, 0.29) is 6.10 Å². The Morgan fingerprint density at radius 1 is 1.26 bits per heavy atom. The van der Waals surface area contributed by atoms with Gasteiger partial charge in [-0.05, 0) is 18.2 Å². The fraction of sp³-hybridized carbons (Fsp3) is 0.462. The Bertz CT molecular complexity index is 440. The van der Waals surface area contributed by atoms with Crippen molar-refractivity contribution >= 4 is 12.2 Å². The molecule has 0 N–H and O–H groups in total. The Morgan fingerprint density at radius 2 is 1.95 bits per heavy atom. The minimum absolute atomic E-state index is 0.181. The molecule has 0 aromatic heterocycles. The Morgan fingerprint density at radius 3 is 2.53 bits per heavy atom. The summed E-state index contributed by atoms with van der Waals surface area (Å²) in [4.78, 5) is 12.0. The van der Waals surface area contributed by atoms with Crippen molar-refractivity contribution in [1.29, 1.82) is 0 Å². The van der Waals surface area contributed by atoms with Crippen molar-refractivity contribution in [2.45, 2.75) is 25.1 Å². The third-order valence-electron chi connectivity index (χ3n) is 3.20. The first kappa shape index (κ1) is 13.7. The molecule has 6 heteroatoms. The lowest BCUT2D eigenvalue weighted by atomic mass is 10.1. The number of benzene rings is 1. The van der Waals surface area contributed by atoms with Gasteiger partial charge in [-0.15, -0.1) is 0 Å². The topological polar surface area (TPSA) is 29.5 Å². The summed E-state index contributed by atoms with van der Waals surface area (Å²) in [6.07, 6.45) is -3.31. The van der Waals surface area contributed by atoms with Gasteiger partial charge in [0, 0.05) is 31.6 Å². The molecule has 103 valence electrons. The van der Waals surface area contributed by atoms with E-state index in [0.717, 1.165) is 12.1 Å². The van der Waals surface area contributed by atoms with Gasteiger partial charge in [0.15, 0.2) is 0 Å². The number of alkyl halides is 3. The fourth-order valence-electron chi connectivity index (χ4n) is 2.18. The molecular weight excluding hydrogens is 259 g/mol. The maximum absolute atomic E-state index is 12.6. The Balaban J connectivity index is 2.05. The van der Waals surface area contributed by atoms with E-state index in [1.54, 1.807) is 6.07 Å². The average molecular weight is 272 g/mol. The number of nitrogens with zero attached hydrogens (tertiary/aromatic N) is 1. The standard InChI is InChI=1S/C13H13F3NO2/c14-13(15,16)10-2-1-3-11(8-10)17-6-4-12(5-7-17)19-9-18/h1-3,8,12H,4-7H2. The van der Waals surface area contributed by atoms with Crippen LogP contribution in [0.2, 0.25) is 0 Å². The Labute approximate surface area is 109 Å². The lowest BCUT2D eigenvalue weighted by Gasteiger charge is -2.32. The molecule has 1 aliphatic heterocycles. The Hall–Kier alpha value is -1.72. The van der Waals surface area contributed by atoms with Crippen molar-refractivity contribution < 1.29 is 22.7 Å². The highest BCUT2D eigenvalue weighted by Crippen LogP contribution is 2.32. The van der Waals surface area contributed by atoms with Gasteiger partial charge in [0.05, 0.1) is 5.56 Å². The molecule has 3 nitrogen and oxygen atoms in total. The van der Waals surface area contributed by atoms with Crippen molar-refractivity contribution in [3.8, 4) is 0 Å². The molecule has 1 aromatic carbocycles. The number of hydrogen-bond acceptors (Lipinski definition) is 3. The third-order valence-corrected chi connectivity index (χ3v) is 3.20. The number of hydrogen-bond donors (Lipinski definition) is 0. The summed E-state index contributed by atoms with van der Waals surface area (Å²) in [6.45, 7) is 2.53. The molecule has 2 rings (SSSR count). The monoisotopic (exact) mass is 272 g/mol. The smallest absolute Gasteiger partial charge is 0.417 e. The molecule has 1 fully saturated rings. The van der Waals surface area contributed by atoms with Crippen LogP contribution in [-0.4, -0.2) is 25.7 Å². The lowest BCUT2D eigenvalue weighted by Crippen LogP contribution is -2.37. The number of carbonyl (C=O) groups excluding carboxylic acids is 1. The molecule has 0 amide bonds. The zero-order chi connectivity index (χ0) is 13.9. The first-order chi connectivity index (χ1) is 9.00.